The summed E-state index contributed by atoms with van der Waals surface area (Å²) in [6, 6.07) is 8.72. The predicted octanol–water partition coefficient (Wildman–Crippen LogP) is 4.51. The van der Waals surface area contributed by atoms with Gasteiger partial charge in [0.15, 0.2) is 0 Å². The van der Waals surface area contributed by atoms with Crippen molar-refractivity contribution in [3.8, 4) is 0 Å². The third-order valence-electron chi connectivity index (χ3n) is 3.75. The molecule has 3 rings (SSSR count). The van der Waals surface area contributed by atoms with E-state index in [2.05, 4.69) is 57.5 Å². The van der Waals surface area contributed by atoms with E-state index in [0.717, 1.165) is 17.3 Å². The van der Waals surface area contributed by atoms with Gasteiger partial charge >= 0.3 is 0 Å². The Morgan fingerprint density at radius 2 is 2.11 bits per heavy atom. The average molecular weight is 324 g/mol. The lowest BCUT2D eigenvalue weighted by Gasteiger charge is -2.34. The molecule has 1 nitrogen and oxygen atoms in total. The van der Waals surface area contributed by atoms with E-state index in [-0.39, 0.29) is 0 Å². The molecule has 1 fully saturated rings. The molecule has 3 heteroatoms. The Morgan fingerprint density at radius 3 is 2.89 bits per heavy atom. The van der Waals surface area contributed by atoms with Crippen molar-refractivity contribution in [2.24, 2.45) is 5.92 Å². The summed E-state index contributed by atoms with van der Waals surface area (Å²) in [7, 11) is 2.24. The number of halogens is 1. The van der Waals surface area contributed by atoms with Crippen molar-refractivity contribution in [3.63, 3.8) is 0 Å². The number of benzene rings is 1. The first-order chi connectivity index (χ1) is 8.72. The number of alkyl halides is 1. The standard InChI is InChI=1S/C15H18BrNS/c1-17(8-11-6-13(16)7-11)9-12-10-18-15-5-3-2-4-14(12)15/h2-5,10-11,13H,6-9H2,1H3. The summed E-state index contributed by atoms with van der Waals surface area (Å²) in [6.45, 7) is 2.31. The van der Waals surface area contributed by atoms with E-state index in [4.69, 9.17) is 0 Å². The van der Waals surface area contributed by atoms with Crippen LogP contribution in [0.25, 0.3) is 10.1 Å². The van der Waals surface area contributed by atoms with Crippen LogP contribution < -0.4 is 0 Å². The van der Waals surface area contributed by atoms with Gasteiger partial charge in [0.1, 0.15) is 0 Å². The summed E-state index contributed by atoms with van der Waals surface area (Å²) < 4.78 is 1.41. The van der Waals surface area contributed by atoms with Crippen molar-refractivity contribution in [2.75, 3.05) is 13.6 Å². The zero-order valence-corrected chi connectivity index (χ0v) is 13.0. The quantitative estimate of drug-likeness (QED) is 0.748. The Morgan fingerprint density at radius 1 is 1.33 bits per heavy atom. The number of hydrogen-bond acceptors (Lipinski definition) is 2. The van der Waals surface area contributed by atoms with Crippen LogP contribution in [0.3, 0.4) is 0 Å². The van der Waals surface area contributed by atoms with Gasteiger partial charge in [-0.25, -0.2) is 0 Å². The third kappa shape index (κ3) is 2.63. The summed E-state index contributed by atoms with van der Waals surface area (Å²) in [4.78, 5) is 3.25. The van der Waals surface area contributed by atoms with Crippen molar-refractivity contribution in [3.05, 3.63) is 35.2 Å². The molecule has 1 saturated carbocycles. The highest BCUT2D eigenvalue weighted by molar-refractivity contribution is 9.09. The molecule has 1 aliphatic carbocycles. The van der Waals surface area contributed by atoms with Crippen LogP contribution >= 0.6 is 27.3 Å². The van der Waals surface area contributed by atoms with Gasteiger partial charge in [0.2, 0.25) is 0 Å². The fourth-order valence-corrected chi connectivity index (χ4v) is 4.77. The smallest absolute Gasteiger partial charge is 0.0346 e. The number of thiophene rings is 1. The molecule has 1 aliphatic rings. The van der Waals surface area contributed by atoms with Gasteiger partial charge in [-0.2, -0.15) is 0 Å². The lowest BCUT2D eigenvalue weighted by Crippen LogP contribution is -2.34. The van der Waals surface area contributed by atoms with Crippen molar-refractivity contribution < 1.29 is 0 Å². The second-order valence-electron chi connectivity index (χ2n) is 5.39. The first kappa shape index (κ1) is 12.6. The molecule has 0 atom stereocenters. The lowest BCUT2D eigenvalue weighted by atomic mass is 9.85. The second-order valence-corrected chi connectivity index (χ2v) is 7.59. The molecule has 1 aromatic heterocycles. The Balaban J connectivity index is 1.65. The van der Waals surface area contributed by atoms with Gasteiger partial charge < -0.3 is 4.90 Å². The molecule has 0 saturated heterocycles. The van der Waals surface area contributed by atoms with E-state index >= 15 is 0 Å². The van der Waals surface area contributed by atoms with Crippen LogP contribution in [0, 0.1) is 5.92 Å². The normalized spacial score (nSPS) is 23.5. The van der Waals surface area contributed by atoms with Gasteiger partial charge in [-0.15, -0.1) is 11.3 Å². The minimum absolute atomic E-state index is 0.776. The van der Waals surface area contributed by atoms with Crippen molar-refractivity contribution >= 4 is 37.4 Å². The van der Waals surface area contributed by atoms with E-state index in [9.17, 15) is 0 Å². The molecular weight excluding hydrogens is 306 g/mol. The highest BCUT2D eigenvalue weighted by Crippen LogP contribution is 2.34. The number of nitrogens with zero attached hydrogens (tertiary/aromatic N) is 1. The third-order valence-corrected chi connectivity index (χ3v) is 5.51. The lowest BCUT2D eigenvalue weighted by molar-refractivity contribution is 0.209. The van der Waals surface area contributed by atoms with Gasteiger partial charge in [-0.1, -0.05) is 34.1 Å². The van der Waals surface area contributed by atoms with Crippen LogP contribution in [0.4, 0.5) is 0 Å². The zero-order chi connectivity index (χ0) is 12.5. The fourth-order valence-electron chi connectivity index (χ4n) is 2.75. The first-order valence-corrected chi connectivity index (χ1v) is 8.29. The van der Waals surface area contributed by atoms with Crippen LogP contribution in [0.15, 0.2) is 29.6 Å². The summed E-state index contributed by atoms with van der Waals surface area (Å²) >= 11 is 5.53. The van der Waals surface area contributed by atoms with Crippen molar-refractivity contribution in [2.45, 2.75) is 24.2 Å². The maximum Gasteiger partial charge on any atom is 0.0346 e. The fraction of sp³-hybridized carbons (Fsp3) is 0.467. The molecular formula is C15H18BrNS. The summed E-state index contributed by atoms with van der Waals surface area (Å²) in [5.41, 5.74) is 1.48. The van der Waals surface area contributed by atoms with Crippen LogP contribution in [0.1, 0.15) is 18.4 Å². The topological polar surface area (TPSA) is 3.24 Å². The Kier molecular flexibility index (Phi) is 3.73. The summed E-state index contributed by atoms with van der Waals surface area (Å²) in [5.74, 6) is 0.893. The first-order valence-electron chi connectivity index (χ1n) is 6.50. The monoisotopic (exact) mass is 323 g/mol. The highest BCUT2D eigenvalue weighted by atomic mass is 79.9. The Bertz CT molecular complexity index is 530. The van der Waals surface area contributed by atoms with Gasteiger partial charge in [0, 0.05) is 22.6 Å². The Hall–Kier alpha value is -0.380. The largest absolute Gasteiger partial charge is 0.302 e. The van der Waals surface area contributed by atoms with Gasteiger partial charge in [-0.3, -0.25) is 0 Å². The van der Waals surface area contributed by atoms with E-state index in [1.807, 2.05) is 11.3 Å². The molecule has 1 heterocycles. The molecule has 0 N–H and O–H groups in total. The molecule has 0 bridgehead atoms. The molecule has 1 aromatic carbocycles. The SMILES string of the molecule is CN(Cc1csc2ccccc12)CC1CC(Br)C1. The van der Waals surface area contributed by atoms with E-state index in [1.54, 1.807) is 0 Å². The van der Waals surface area contributed by atoms with Gasteiger partial charge in [-0.05, 0) is 48.2 Å². The number of fused-ring (bicyclic) bond motifs is 1. The summed E-state index contributed by atoms with van der Waals surface area (Å²) in [6.07, 6.45) is 2.68. The maximum atomic E-state index is 3.67. The number of rotatable bonds is 4. The molecule has 0 aliphatic heterocycles. The molecule has 0 spiro atoms. The van der Waals surface area contributed by atoms with Crippen molar-refractivity contribution in [1.29, 1.82) is 0 Å². The minimum atomic E-state index is 0.776. The molecule has 2 aromatic rings. The molecule has 18 heavy (non-hydrogen) atoms. The molecule has 0 radical (unpaired) electrons. The molecule has 0 amide bonds. The van der Waals surface area contributed by atoms with Crippen LogP contribution in [0.2, 0.25) is 0 Å². The second kappa shape index (κ2) is 5.32. The average Bonchev–Trinajstić information content (AvgIpc) is 2.71. The van der Waals surface area contributed by atoms with Gasteiger partial charge in [0.25, 0.3) is 0 Å². The maximum absolute atomic E-state index is 3.67. The summed E-state index contributed by atoms with van der Waals surface area (Å²) in [5, 5.41) is 3.75. The van der Waals surface area contributed by atoms with Crippen LogP contribution in [0.5, 0.6) is 0 Å². The van der Waals surface area contributed by atoms with Crippen LogP contribution in [-0.2, 0) is 6.54 Å². The molecule has 0 unspecified atom stereocenters. The van der Waals surface area contributed by atoms with Gasteiger partial charge in [0.05, 0.1) is 0 Å². The minimum Gasteiger partial charge on any atom is -0.302 e. The zero-order valence-electron chi connectivity index (χ0n) is 10.6. The van der Waals surface area contributed by atoms with Crippen LogP contribution in [-0.4, -0.2) is 23.3 Å². The molecule has 96 valence electrons. The van der Waals surface area contributed by atoms with E-state index in [1.165, 1.54) is 35.0 Å². The van der Waals surface area contributed by atoms with E-state index < -0.39 is 0 Å². The van der Waals surface area contributed by atoms with E-state index in [0.29, 0.717) is 0 Å². The predicted molar refractivity (Wildman–Crippen MR) is 83.6 cm³/mol. The Labute approximate surface area is 121 Å². The highest BCUT2D eigenvalue weighted by Gasteiger charge is 2.27. The van der Waals surface area contributed by atoms with Crippen molar-refractivity contribution in [1.82, 2.24) is 4.90 Å². The number of hydrogen-bond donors (Lipinski definition) is 0.